The second kappa shape index (κ2) is 5.20. The van der Waals surface area contributed by atoms with Gasteiger partial charge in [0, 0.05) is 6.92 Å². The Hall–Kier alpha value is -0.500. The maximum absolute atomic E-state index is 5.42. The fourth-order valence-electron chi connectivity index (χ4n) is 1.71. The zero-order valence-electron chi connectivity index (χ0n) is 8.84. The average Bonchev–Trinajstić information content (AvgIpc) is 2.09. The van der Waals surface area contributed by atoms with Crippen molar-refractivity contribution in [1.29, 1.82) is 0 Å². The van der Waals surface area contributed by atoms with Crippen LogP contribution >= 0.6 is 0 Å². The van der Waals surface area contributed by atoms with Crippen LogP contribution in [0.4, 0.5) is 0 Å². The third-order valence-electron chi connectivity index (χ3n) is 2.95. The van der Waals surface area contributed by atoms with E-state index in [2.05, 4.69) is 34.3 Å². The van der Waals surface area contributed by atoms with Crippen LogP contribution in [-0.4, -0.2) is 30.3 Å². The second-order valence-corrected chi connectivity index (χ2v) is 3.07. The van der Waals surface area contributed by atoms with Gasteiger partial charge in [0.25, 0.3) is 0 Å². The van der Waals surface area contributed by atoms with E-state index in [0.717, 1.165) is 24.1 Å². The van der Waals surface area contributed by atoms with Gasteiger partial charge in [-0.2, -0.15) is 0 Å². The standard InChI is InChI=1S/C10H22NO/c1-6-11(7-2,8-3)10(5)12-9-4/h9-10H,4,6-8H2,1-3,5H3/q+1. The Morgan fingerprint density at radius 3 is 1.92 bits per heavy atom. The van der Waals surface area contributed by atoms with Crippen LogP contribution in [-0.2, 0) is 4.74 Å². The number of nitrogens with zero attached hydrogens (tertiary/aromatic N) is 1. The van der Waals surface area contributed by atoms with Crippen molar-refractivity contribution < 1.29 is 9.22 Å². The molecular weight excluding hydrogens is 150 g/mol. The molecule has 0 aliphatic heterocycles. The van der Waals surface area contributed by atoms with Gasteiger partial charge in [-0.25, -0.2) is 0 Å². The van der Waals surface area contributed by atoms with Crippen LogP contribution in [0, 0.1) is 0 Å². The van der Waals surface area contributed by atoms with E-state index >= 15 is 0 Å². The Labute approximate surface area is 76.4 Å². The minimum Gasteiger partial charge on any atom is -0.451 e. The van der Waals surface area contributed by atoms with Crippen molar-refractivity contribution in [2.75, 3.05) is 19.6 Å². The molecule has 1 atom stereocenters. The molecule has 0 rings (SSSR count). The predicted molar refractivity (Wildman–Crippen MR) is 52.6 cm³/mol. The molecule has 0 saturated heterocycles. The summed E-state index contributed by atoms with van der Waals surface area (Å²) < 4.78 is 6.42. The fraction of sp³-hybridized carbons (Fsp3) is 0.800. The maximum Gasteiger partial charge on any atom is 0.229 e. The minimum absolute atomic E-state index is 0.225. The van der Waals surface area contributed by atoms with E-state index in [9.17, 15) is 0 Å². The summed E-state index contributed by atoms with van der Waals surface area (Å²) in [5.41, 5.74) is 0. The Morgan fingerprint density at radius 2 is 1.67 bits per heavy atom. The lowest BCUT2D eigenvalue weighted by molar-refractivity contribution is -0.963. The Balaban J connectivity index is 4.34. The molecule has 0 N–H and O–H groups in total. The largest absolute Gasteiger partial charge is 0.451 e. The smallest absolute Gasteiger partial charge is 0.229 e. The fourth-order valence-corrected chi connectivity index (χ4v) is 1.71. The zero-order chi connectivity index (χ0) is 9.61. The summed E-state index contributed by atoms with van der Waals surface area (Å²) in [6.07, 6.45) is 1.76. The molecule has 0 spiro atoms. The van der Waals surface area contributed by atoms with Crippen LogP contribution < -0.4 is 0 Å². The molecular formula is C10H22NO+. The van der Waals surface area contributed by atoms with E-state index in [4.69, 9.17) is 4.74 Å². The maximum atomic E-state index is 5.42. The van der Waals surface area contributed by atoms with E-state index in [-0.39, 0.29) is 6.23 Å². The molecule has 0 heterocycles. The van der Waals surface area contributed by atoms with Gasteiger partial charge in [0.05, 0.1) is 25.9 Å². The van der Waals surface area contributed by atoms with Gasteiger partial charge in [-0.15, -0.1) is 0 Å². The first kappa shape index (κ1) is 11.5. The van der Waals surface area contributed by atoms with Crippen molar-refractivity contribution in [1.82, 2.24) is 0 Å². The summed E-state index contributed by atoms with van der Waals surface area (Å²) in [5, 5.41) is 0. The molecule has 0 saturated carbocycles. The first-order valence-electron chi connectivity index (χ1n) is 4.79. The van der Waals surface area contributed by atoms with Gasteiger partial charge in [-0.05, 0) is 20.8 Å². The summed E-state index contributed by atoms with van der Waals surface area (Å²) in [6.45, 7) is 15.6. The minimum atomic E-state index is 0.225. The number of quaternary nitrogens is 1. The van der Waals surface area contributed by atoms with Crippen molar-refractivity contribution in [3.05, 3.63) is 12.8 Å². The summed E-state index contributed by atoms with van der Waals surface area (Å²) >= 11 is 0. The molecule has 0 aliphatic rings. The zero-order valence-corrected chi connectivity index (χ0v) is 8.84. The molecule has 0 bridgehead atoms. The Kier molecular flexibility index (Phi) is 4.98. The van der Waals surface area contributed by atoms with Gasteiger partial charge in [0.2, 0.25) is 6.23 Å². The van der Waals surface area contributed by atoms with Crippen LogP contribution in [0.2, 0.25) is 0 Å². The molecule has 2 heteroatoms. The topological polar surface area (TPSA) is 9.23 Å². The number of rotatable bonds is 6. The average molecular weight is 172 g/mol. The highest BCUT2D eigenvalue weighted by Gasteiger charge is 2.28. The molecule has 12 heavy (non-hydrogen) atoms. The lowest BCUT2D eigenvalue weighted by Crippen LogP contribution is -2.54. The van der Waals surface area contributed by atoms with Gasteiger partial charge in [-0.3, -0.25) is 4.48 Å². The van der Waals surface area contributed by atoms with Crippen molar-refractivity contribution in [3.8, 4) is 0 Å². The molecule has 0 amide bonds. The molecule has 72 valence electrons. The van der Waals surface area contributed by atoms with E-state index in [1.54, 1.807) is 6.26 Å². The second-order valence-electron chi connectivity index (χ2n) is 3.07. The summed E-state index contributed by atoms with van der Waals surface area (Å²) in [6, 6.07) is 0. The van der Waals surface area contributed by atoms with Gasteiger partial charge < -0.3 is 4.74 Å². The SMILES string of the molecule is C=COC(C)[N+](CC)(CC)CC. The van der Waals surface area contributed by atoms with E-state index < -0.39 is 0 Å². The van der Waals surface area contributed by atoms with Gasteiger partial charge in [0.15, 0.2) is 0 Å². The molecule has 0 radical (unpaired) electrons. The molecule has 0 fully saturated rings. The van der Waals surface area contributed by atoms with Crippen LogP contribution in [0.15, 0.2) is 12.8 Å². The first-order chi connectivity index (χ1) is 5.66. The van der Waals surface area contributed by atoms with Gasteiger partial charge in [0.1, 0.15) is 0 Å². The van der Waals surface area contributed by atoms with Crippen molar-refractivity contribution in [2.24, 2.45) is 0 Å². The predicted octanol–water partition coefficient (Wildman–Crippen LogP) is 2.37. The molecule has 0 aromatic rings. The van der Waals surface area contributed by atoms with Crippen molar-refractivity contribution >= 4 is 0 Å². The molecule has 1 unspecified atom stereocenters. The lowest BCUT2D eigenvalue weighted by atomic mass is 10.3. The number of hydrogen-bond donors (Lipinski definition) is 0. The van der Waals surface area contributed by atoms with E-state index in [1.165, 1.54) is 0 Å². The van der Waals surface area contributed by atoms with Gasteiger partial charge >= 0.3 is 0 Å². The van der Waals surface area contributed by atoms with Crippen LogP contribution in [0.5, 0.6) is 0 Å². The highest BCUT2D eigenvalue weighted by Crippen LogP contribution is 2.13. The molecule has 0 aromatic heterocycles. The normalized spacial score (nSPS) is 14.0. The van der Waals surface area contributed by atoms with Crippen molar-refractivity contribution in [3.63, 3.8) is 0 Å². The number of ether oxygens (including phenoxy) is 1. The first-order valence-corrected chi connectivity index (χ1v) is 4.79. The van der Waals surface area contributed by atoms with Crippen molar-refractivity contribution in [2.45, 2.75) is 33.9 Å². The molecule has 0 aliphatic carbocycles. The van der Waals surface area contributed by atoms with Crippen LogP contribution in [0.3, 0.4) is 0 Å². The summed E-state index contributed by atoms with van der Waals surface area (Å²) in [7, 11) is 0. The quantitative estimate of drug-likeness (QED) is 0.339. The third-order valence-corrected chi connectivity index (χ3v) is 2.95. The summed E-state index contributed by atoms with van der Waals surface area (Å²) in [5.74, 6) is 0. The van der Waals surface area contributed by atoms with Crippen LogP contribution in [0.1, 0.15) is 27.7 Å². The Morgan fingerprint density at radius 1 is 1.25 bits per heavy atom. The molecule has 0 aromatic carbocycles. The third kappa shape index (κ3) is 2.24. The molecule has 2 nitrogen and oxygen atoms in total. The van der Waals surface area contributed by atoms with E-state index in [1.807, 2.05) is 0 Å². The monoisotopic (exact) mass is 172 g/mol. The summed E-state index contributed by atoms with van der Waals surface area (Å²) in [4.78, 5) is 0. The number of hydrogen-bond acceptors (Lipinski definition) is 1. The lowest BCUT2D eigenvalue weighted by Gasteiger charge is -2.39. The van der Waals surface area contributed by atoms with E-state index in [0.29, 0.717) is 0 Å². The highest BCUT2D eigenvalue weighted by atomic mass is 16.5. The highest BCUT2D eigenvalue weighted by molar-refractivity contribution is 4.51. The van der Waals surface area contributed by atoms with Gasteiger partial charge in [-0.1, -0.05) is 6.58 Å². The van der Waals surface area contributed by atoms with Crippen LogP contribution in [0.25, 0.3) is 0 Å². The Bertz CT molecular complexity index is 122.